The molecule has 0 radical (unpaired) electrons. The number of hydrogen-bond donors (Lipinski definition) is 1. The molecule has 1 heterocycles. The number of carbonyl (C=O) groups excluding carboxylic acids is 1. The molecule has 0 saturated carbocycles. The van der Waals surface area contributed by atoms with Crippen molar-refractivity contribution in [3.8, 4) is 22.6 Å². The Kier molecular flexibility index (Phi) is 6.19. The lowest BCUT2D eigenvalue weighted by Gasteiger charge is -2.11. The molecule has 4 aromatic rings. The van der Waals surface area contributed by atoms with Crippen molar-refractivity contribution in [2.24, 2.45) is 0 Å². The van der Waals surface area contributed by atoms with Crippen molar-refractivity contribution >= 4 is 39.7 Å². The molecule has 162 valence electrons. The van der Waals surface area contributed by atoms with E-state index >= 15 is 0 Å². The van der Waals surface area contributed by atoms with E-state index in [0.29, 0.717) is 22.0 Å². The maximum Gasteiger partial charge on any atom is 0.248 e. The summed E-state index contributed by atoms with van der Waals surface area (Å²) in [6.45, 7) is 1.87. The van der Waals surface area contributed by atoms with Crippen molar-refractivity contribution in [3.05, 3.63) is 83.6 Å². The monoisotopic (exact) mass is 447 g/mol. The van der Waals surface area contributed by atoms with Gasteiger partial charge in [-0.2, -0.15) is 0 Å². The lowest BCUT2D eigenvalue weighted by atomic mass is 9.98. The number of ether oxygens (including phenoxy) is 2. The van der Waals surface area contributed by atoms with Crippen LogP contribution in [0, 0.1) is 0 Å². The van der Waals surface area contributed by atoms with Crippen LogP contribution in [0.15, 0.2) is 77.4 Å². The van der Waals surface area contributed by atoms with Crippen LogP contribution in [0.3, 0.4) is 0 Å². The van der Waals surface area contributed by atoms with Gasteiger partial charge in [-0.1, -0.05) is 29.8 Å². The van der Waals surface area contributed by atoms with E-state index < -0.39 is 0 Å². The number of allylic oxidation sites excluding steroid dienone is 1. The lowest BCUT2D eigenvalue weighted by molar-refractivity contribution is -0.111. The summed E-state index contributed by atoms with van der Waals surface area (Å²) in [5.74, 6) is 1.12. The Morgan fingerprint density at radius 1 is 0.969 bits per heavy atom. The van der Waals surface area contributed by atoms with E-state index in [1.807, 2.05) is 43.3 Å². The van der Waals surface area contributed by atoms with Crippen molar-refractivity contribution in [1.82, 2.24) is 0 Å². The number of nitrogens with one attached hydrogen (secondary N) is 1. The van der Waals surface area contributed by atoms with Crippen LogP contribution in [-0.2, 0) is 4.79 Å². The molecular weight excluding hydrogens is 426 g/mol. The van der Waals surface area contributed by atoms with E-state index in [2.05, 4.69) is 5.32 Å². The molecule has 0 unspecified atom stereocenters. The Morgan fingerprint density at radius 2 is 1.69 bits per heavy atom. The second kappa shape index (κ2) is 9.20. The van der Waals surface area contributed by atoms with Crippen LogP contribution in [-0.4, -0.2) is 20.1 Å². The molecule has 4 rings (SSSR count). The molecule has 0 aliphatic carbocycles. The number of benzene rings is 3. The quantitative estimate of drug-likeness (QED) is 0.330. The van der Waals surface area contributed by atoms with Gasteiger partial charge in [0, 0.05) is 44.9 Å². The maximum atomic E-state index is 12.6. The maximum absolute atomic E-state index is 12.6. The smallest absolute Gasteiger partial charge is 0.248 e. The number of anilines is 1. The number of carbonyl (C=O) groups is 1. The van der Waals surface area contributed by atoms with Gasteiger partial charge in [-0.25, -0.2) is 0 Å². The molecule has 0 spiro atoms. The molecular formula is C26H22ClNO4. The standard InChI is InChI=1S/C26H22ClNO4/c1-16(12-26(29)28-18-10-8-17(27)9-11-18)20-13-21-22(15-32-25(21)14-24(20)31-3)19-6-4-5-7-23(19)30-2/h4-15H,1-3H3,(H,28,29)/b16-12+. The average molecular weight is 448 g/mol. The SMILES string of the molecule is COc1cc2occ(-c3ccccc3OC)c2cc1/C(C)=C/C(=O)Nc1ccc(Cl)cc1. The second-order valence-electron chi connectivity index (χ2n) is 7.22. The topological polar surface area (TPSA) is 60.7 Å². The molecule has 0 aliphatic rings. The minimum Gasteiger partial charge on any atom is -0.496 e. The minimum atomic E-state index is -0.246. The van der Waals surface area contributed by atoms with Gasteiger partial charge in [-0.15, -0.1) is 0 Å². The van der Waals surface area contributed by atoms with Crippen LogP contribution in [0.2, 0.25) is 5.02 Å². The van der Waals surface area contributed by atoms with Gasteiger partial charge in [0.05, 0.1) is 20.5 Å². The zero-order valence-electron chi connectivity index (χ0n) is 17.9. The van der Waals surface area contributed by atoms with Gasteiger partial charge >= 0.3 is 0 Å². The fourth-order valence-corrected chi connectivity index (χ4v) is 3.72. The van der Waals surface area contributed by atoms with E-state index in [0.717, 1.165) is 33.4 Å². The van der Waals surface area contributed by atoms with Gasteiger partial charge < -0.3 is 19.2 Å². The summed E-state index contributed by atoms with van der Waals surface area (Å²) in [4.78, 5) is 12.6. The van der Waals surface area contributed by atoms with Crippen LogP contribution in [0.1, 0.15) is 12.5 Å². The third-order valence-electron chi connectivity index (χ3n) is 5.18. The summed E-state index contributed by atoms with van der Waals surface area (Å²) < 4.78 is 16.9. The van der Waals surface area contributed by atoms with Crippen LogP contribution in [0.4, 0.5) is 5.69 Å². The molecule has 3 aromatic carbocycles. The first-order valence-electron chi connectivity index (χ1n) is 9.98. The van der Waals surface area contributed by atoms with Crippen LogP contribution >= 0.6 is 11.6 Å². The van der Waals surface area contributed by atoms with E-state index in [1.54, 1.807) is 50.8 Å². The Labute approximate surface area is 191 Å². The van der Waals surface area contributed by atoms with E-state index in [1.165, 1.54) is 0 Å². The van der Waals surface area contributed by atoms with Crippen LogP contribution in [0.5, 0.6) is 11.5 Å². The highest BCUT2D eigenvalue weighted by molar-refractivity contribution is 6.30. The van der Waals surface area contributed by atoms with Crippen molar-refractivity contribution < 1.29 is 18.7 Å². The first-order valence-corrected chi connectivity index (χ1v) is 10.4. The molecule has 0 atom stereocenters. The number of para-hydroxylation sites is 1. The van der Waals surface area contributed by atoms with Gasteiger partial charge in [-0.3, -0.25) is 4.79 Å². The second-order valence-corrected chi connectivity index (χ2v) is 7.66. The Balaban J connectivity index is 1.73. The number of amides is 1. The lowest BCUT2D eigenvalue weighted by Crippen LogP contribution is -2.08. The van der Waals surface area contributed by atoms with Gasteiger partial charge in [0.15, 0.2) is 0 Å². The summed E-state index contributed by atoms with van der Waals surface area (Å²) in [5, 5.41) is 4.35. The molecule has 0 fully saturated rings. The summed E-state index contributed by atoms with van der Waals surface area (Å²) in [6.07, 6.45) is 3.25. The zero-order chi connectivity index (χ0) is 22.7. The normalized spacial score (nSPS) is 11.4. The number of methoxy groups -OCH3 is 2. The highest BCUT2D eigenvalue weighted by Gasteiger charge is 2.17. The Bertz CT molecular complexity index is 1310. The van der Waals surface area contributed by atoms with Crippen molar-refractivity contribution in [2.45, 2.75) is 6.92 Å². The highest BCUT2D eigenvalue weighted by atomic mass is 35.5. The molecule has 32 heavy (non-hydrogen) atoms. The summed E-state index contributed by atoms with van der Waals surface area (Å²) in [5.41, 5.74) is 4.72. The number of halogens is 1. The van der Waals surface area contributed by atoms with Crippen LogP contribution < -0.4 is 14.8 Å². The predicted molar refractivity (Wildman–Crippen MR) is 128 cm³/mol. The first-order chi connectivity index (χ1) is 15.5. The van der Waals surface area contributed by atoms with Crippen molar-refractivity contribution in [2.75, 3.05) is 19.5 Å². The number of furan rings is 1. The molecule has 0 aliphatic heterocycles. The average Bonchev–Trinajstić information content (AvgIpc) is 3.22. The molecule has 5 nitrogen and oxygen atoms in total. The molecule has 6 heteroatoms. The number of rotatable bonds is 6. The van der Waals surface area contributed by atoms with Gasteiger partial charge in [0.2, 0.25) is 5.91 Å². The zero-order valence-corrected chi connectivity index (χ0v) is 18.7. The molecule has 1 aromatic heterocycles. The van der Waals surface area contributed by atoms with Gasteiger partial charge in [-0.05, 0) is 48.9 Å². The minimum absolute atomic E-state index is 0.246. The molecule has 1 N–H and O–H groups in total. The third kappa shape index (κ3) is 4.34. The predicted octanol–water partition coefficient (Wildman–Crippen LogP) is 6.81. The van der Waals surface area contributed by atoms with E-state index in [9.17, 15) is 4.79 Å². The highest BCUT2D eigenvalue weighted by Crippen LogP contribution is 2.40. The Hall–Kier alpha value is -3.70. The van der Waals surface area contributed by atoms with Crippen molar-refractivity contribution in [1.29, 1.82) is 0 Å². The largest absolute Gasteiger partial charge is 0.496 e. The van der Waals surface area contributed by atoms with Gasteiger partial charge in [0.25, 0.3) is 0 Å². The van der Waals surface area contributed by atoms with Crippen molar-refractivity contribution in [3.63, 3.8) is 0 Å². The summed E-state index contributed by atoms with van der Waals surface area (Å²) in [6, 6.07) is 18.5. The van der Waals surface area contributed by atoms with Gasteiger partial charge in [0.1, 0.15) is 17.1 Å². The molecule has 0 bridgehead atoms. The fourth-order valence-electron chi connectivity index (χ4n) is 3.59. The first kappa shape index (κ1) is 21.5. The number of hydrogen-bond acceptors (Lipinski definition) is 4. The molecule has 1 amide bonds. The molecule has 0 saturated heterocycles. The third-order valence-corrected chi connectivity index (χ3v) is 5.43. The summed E-state index contributed by atoms with van der Waals surface area (Å²) >= 11 is 5.91. The fraction of sp³-hybridized carbons (Fsp3) is 0.115. The van der Waals surface area contributed by atoms with E-state index in [-0.39, 0.29) is 5.91 Å². The van der Waals surface area contributed by atoms with E-state index in [4.69, 9.17) is 25.5 Å². The Morgan fingerprint density at radius 3 is 2.41 bits per heavy atom. The van der Waals surface area contributed by atoms with Crippen LogP contribution in [0.25, 0.3) is 27.7 Å². The summed E-state index contributed by atoms with van der Waals surface area (Å²) in [7, 11) is 3.23. The number of fused-ring (bicyclic) bond motifs is 1.